The van der Waals surface area contributed by atoms with E-state index < -0.39 is 0 Å². The van der Waals surface area contributed by atoms with Crippen LogP contribution in [0.15, 0.2) is 23.7 Å². The Bertz CT molecular complexity index is 265. The maximum Gasteiger partial charge on any atom is 0.203 e. The predicted octanol–water partition coefficient (Wildman–Crippen LogP) is -0.950. The first-order valence-electron chi connectivity index (χ1n) is 3.98. The Morgan fingerprint density at radius 1 is 1.77 bits per heavy atom. The number of aromatic nitrogens is 2. The number of nitrogens with one attached hydrogen (secondary N) is 1. The van der Waals surface area contributed by atoms with Gasteiger partial charge in [0.15, 0.2) is 0 Å². The van der Waals surface area contributed by atoms with Crippen LogP contribution in [0.5, 0.6) is 0 Å². The van der Waals surface area contributed by atoms with Crippen LogP contribution in [-0.4, -0.2) is 21.6 Å². The highest BCUT2D eigenvalue weighted by Gasteiger charge is 2.00. The van der Waals surface area contributed by atoms with E-state index >= 15 is 0 Å². The number of rotatable bonds is 3. The Hall–Kier alpha value is -1.56. The van der Waals surface area contributed by atoms with E-state index in [9.17, 15) is 0 Å². The molecule has 72 valence electrons. The Labute approximate surface area is 76.6 Å². The van der Waals surface area contributed by atoms with Crippen molar-refractivity contribution >= 4 is 5.96 Å². The molecule has 0 amide bonds. The number of nitrogens with zero attached hydrogens (tertiary/aromatic N) is 3. The molecule has 0 aliphatic rings. The first-order chi connectivity index (χ1) is 6.22. The quantitative estimate of drug-likeness (QED) is 0.243. The molecule has 6 heteroatoms. The summed E-state index contributed by atoms with van der Waals surface area (Å²) in [7, 11) is 0. The van der Waals surface area contributed by atoms with Gasteiger partial charge in [0, 0.05) is 18.9 Å². The summed E-state index contributed by atoms with van der Waals surface area (Å²) in [6.45, 7) is 2.69. The Morgan fingerprint density at radius 2 is 2.54 bits per heavy atom. The summed E-state index contributed by atoms with van der Waals surface area (Å²) in [5.74, 6) is 5.31. The second-order valence-electron chi connectivity index (χ2n) is 2.77. The van der Waals surface area contributed by atoms with E-state index in [0.29, 0.717) is 0 Å². The molecule has 0 saturated heterocycles. The molecule has 0 saturated carbocycles. The first-order valence-corrected chi connectivity index (χ1v) is 3.98. The van der Waals surface area contributed by atoms with Gasteiger partial charge in [-0.3, -0.25) is 5.43 Å². The lowest BCUT2D eigenvalue weighted by molar-refractivity contribution is 0.588. The van der Waals surface area contributed by atoms with Gasteiger partial charge < -0.3 is 10.3 Å². The van der Waals surface area contributed by atoms with Crippen LogP contribution in [0.4, 0.5) is 0 Å². The largest absolute Gasteiger partial charge is 0.369 e. The first kappa shape index (κ1) is 9.53. The lowest BCUT2D eigenvalue weighted by Gasteiger charge is -2.08. The third kappa shape index (κ3) is 3.12. The molecular formula is C7H14N6. The average Bonchev–Trinajstić information content (AvgIpc) is 2.56. The van der Waals surface area contributed by atoms with E-state index in [1.807, 2.05) is 17.7 Å². The Balaban J connectivity index is 2.46. The number of imidazole rings is 1. The molecule has 6 nitrogen and oxygen atoms in total. The molecule has 1 heterocycles. The summed E-state index contributed by atoms with van der Waals surface area (Å²) in [6, 6.07) is 0.0743. The zero-order valence-corrected chi connectivity index (χ0v) is 7.51. The molecule has 0 aliphatic heterocycles. The van der Waals surface area contributed by atoms with Gasteiger partial charge in [-0.1, -0.05) is 0 Å². The standard InChI is InChI=1S/C7H14N6/c1-6(11-7(8)12-9)4-13-3-2-10-5-13/h2-3,5-6H,4,9H2,1H3,(H3,8,11,12). The molecule has 0 bridgehead atoms. The minimum Gasteiger partial charge on any atom is -0.369 e. The average molecular weight is 182 g/mol. The second-order valence-corrected chi connectivity index (χ2v) is 2.77. The van der Waals surface area contributed by atoms with Crippen molar-refractivity contribution in [2.24, 2.45) is 16.6 Å². The summed E-state index contributed by atoms with van der Waals surface area (Å²) < 4.78 is 1.93. The number of hydrogen-bond donors (Lipinski definition) is 3. The van der Waals surface area contributed by atoms with E-state index in [-0.39, 0.29) is 12.0 Å². The topological polar surface area (TPSA) is 94.2 Å². The van der Waals surface area contributed by atoms with Gasteiger partial charge in [-0.05, 0) is 6.92 Å². The van der Waals surface area contributed by atoms with Gasteiger partial charge in [0.25, 0.3) is 0 Å². The molecule has 5 N–H and O–H groups in total. The molecule has 1 rings (SSSR count). The monoisotopic (exact) mass is 182 g/mol. The van der Waals surface area contributed by atoms with E-state index in [1.54, 1.807) is 12.5 Å². The molecule has 0 spiro atoms. The van der Waals surface area contributed by atoms with Crippen LogP contribution in [0.2, 0.25) is 0 Å². The van der Waals surface area contributed by atoms with Crippen LogP contribution in [0.25, 0.3) is 0 Å². The maximum absolute atomic E-state index is 5.39. The van der Waals surface area contributed by atoms with Crippen molar-refractivity contribution in [3.8, 4) is 0 Å². The highest BCUT2D eigenvalue weighted by Crippen LogP contribution is 1.95. The molecule has 1 atom stereocenters. The molecule has 0 radical (unpaired) electrons. The molecule has 0 aliphatic carbocycles. The fraction of sp³-hybridized carbons (Fsp3) is 0.429. The lowest BCUT2D eigenvalue weighted by Crippen LogP contribution is -2.38. The van der Waals surface area contributed by atoms with Crippen LogP contribution in [0.3, 0.4) is 0 Å². The summed E-state index contributed by atoms with van der Waals surface area (Å²) in [5, 5.41) is 0. The SMILES string of the molecule is CC(Cn1ccnc1)N=C(N)NN. The van der Waals surface area contributed by atoms with Crippen molar-refractivity contribution in [2.75, 3.05) is 0 Å². The van der Waals surface area contributed by atoms with Crippen LogP contribution >= 0.6 is 0 Å². The van der Waals surface area contributed by atoms with Crippen molar-refractivity contribution < 1.29 is 0 Å². The molecule has 1 unspecified atom stereocenters. The van der Waals surface area contributed by atoms with Crippen LogP contribution in [0.1, 0.15) is 6.92 Å². The van der Waals surface area contributed by atoms with Gasteiger partial charge in [0.2, 0.25) is 5.96 Å². The summed E-state index contributed by atoms with van der Waals surface area (Å²) in [6.07, 6.45) is 5.33. The predicted molar refractivity (Wildman–Crippen MR) is 50.6 cm³/mol. The van der Waals surface area contributed by atoms with E-state index in [1.165, 1.54) is 0 Å². The molecule has 13 heavy (non-hydrogen) atoms. The molecule has 1 aromatic rings. The van der Waals surface area contributed by atoms with Crippen LogP contribution < -0.4 is 17.0 Å². The van der Waals surface area contributed by atoms with Gasteiger partial charge in [-0.15, -0.1) is 0 Å². The number of guanidine groups is 1. The smallest absolute Gasteiger partial charge is 0.203 e. The molecule has 0 aromatic carbocycles. The van der Waals surface area contributed by atoms with Gasteiger partial charge in [-0.25, -0.2) is 15.8 Å². The third-order valence-corrected chi connectivity index (χ3v) is 1.54. The van der Waals surface area contributed by atoms with Gasteiger partial charge >= 0.3 is 0 Å². The number of hydrazine groups is 1. The minimum atomic E-state index is 0.0743. The minimum absolute atomic E-state index is 0.0743. The highest BCUT2D eigenvalue weighted by molar-refractivity contribution is 5.77. The summed E-state index contributed by atoms with van der Waals surface area (Å²) in [4.78, 5) is 8.00. The third-order valence-electron chi connectivity index (χ3n) is 1.54. The van der Waals surface area contributed by atoms with E-state index in [0.717, 1.165) is 6.54 Å². The van der Waals surface area contributed by atoms with Gasteiger partial charge in [0.1, 0.15) is 0 Å². The normalized spacial score (nSPS) is 14.2. The molecule has 0 fully saturated rings. The molecular weight excluding hydrogens is 168 g/mol. The fourth-order valence-electron chi connectivity index (χ4n) is 1.02. The number of aliphatic imine (C=N–C) groups is 1. The Morgan fingerprint density at radius 3 is 3.08 bits per heavy atom. The van der Waals surface area contributed by atoms with Crippen molar-refractivity contribution in [1.29, 1.82) is 0 Å². The fourth-order valence-corrected chi connectivity index (χ4v) is 1.02. The Kier molecular flexibility index (Phi) is 3.27. The van der Waals surface area contributed by atoms with Crippen LogP contribution in [0, 0.1) is 0 Å². The van der Waals surface area contributed by atoms with Gasteiger partial charge in [0.05, 0.1) is 12.4 Å². The van der Waals surface area contributed by atoms with Crippen LogP contribution in [-0.2, 0) is 6.54 Å². The van der Waals surface area contributed by atoms with E-state index in [4.69, 9.17) is 11.6 Å². The van der Waals surface area contributed by atoms with E-state index in [2.05, 4.69) is 15.4 Å². The number of nitrogens with two attached hydrogens (primary N) is 2. The zero-order chi connectivity index (χ0) is 9.68. The maximum atomic E-state index is 5.39. The second kappa shape index (κ2) is 4.46. The highest BCUT2D eigenvalue weighted by atomic mass is 15.3. The lowest BCUT2D eigenvalue weighted by atomic mass is 10.3. The summed E-state index contributed by atoms with van der Waals surface area (Å²) >= 11 is 0. The molecule has 1 aromatic heterocycles. The summed E-state index contributed by atoms with van der Waals surface area (Å²) in [5.41, 5.74) is 7.67. The van der Waals surface area contributed by atoms with Crippen molar-refractivity contribution in [1.82, 2.24) is 15.0 Å². The van der Waals surface area contributed by atoms with Crippen molar-refractivity contribution in [3.05, 3.63) is 18.7 Å². The van der Waals surface area contributed by atoms with Crippen molar-refractivity contribution in [2.45, 2.75) is 19.5 Å². The van der Waals surface area contributed by atoms with Crippen molar-refractivity contribution in [3.63, 3.8) is 0 Å². The zero-order valence-electron chi connectivity index (χ0n) is 7.51. The number of hydrogen-bond acceptors (Lipinski definition) is 3. The van der Waals surface area contributed by atoms with Gasteiger partial charge in [-0.2, -0.15) is 0 Å².